The number of hydrogen-bond donors (Lipinski definition) is 2. The smallest absolute Gasteiger partial charge is 0.191 e. The number of nitrogens with one attached hydrogen (secondary N) is 2. The first-order valence-electron chi connectivity index (χ1n) is 8.20. The summed E-state index contributed by atoms with van der Waals surface area (Å²) in [4.78, 5) is 6.78. The van der Waals surface area contributed by atoms with E-state index in [0.29, 0.717) is 5.11 Å². The van der Waals surface area contributed by atoms with Crippen LogP contribution in [0, 0.1) is 0 Å². The molecule has 7 heteroatoms. The van der Waals surface area contributed by atoms with Crippen molar-refractivity contribution in [1.82, 2.24) is 15.3 Å². The normalized spacial score (nSPS) is 15.2. The maximum atomic E-state index is 5.36. The van der Waals surface area contributed by atoms with E-state index in [9.17, 15) is 0 Å². The van der Waals surface area contributed by atoms with E-state index in [1.807, 2.05) is 42.6 Å². The molecule has 1 aliphatic heterocycles. The second kappa shape index (κ2) is 9.22. The molecule has 2 aromatic rings. The van der Waals surface area contributed by atoms with E-state index in [1.54, 1.807) is 6.21 Å². The number of hydrogen-bond acceptors (Lipinski definition) is 5. The number of ether oxygens (including phenoxy) is 1. The molecule has 6 nitrogen and oxygen atoms in total. The largest absolute Gasteiger partial charge is 0.379 e. The van der Waals surface area contributed by atoms with Crippen LogP contribution < -0.4 is 10.7 Å². The summed E-state index contributed by atoms with van der Waals surface area (Å²) in [6.07, 6.45) is 3.54. The summed E-state index contributed by atoms with van der Waals surface area (Å²) in [6, 6.07) is 13.7. The van der Waals surface area contributed by atoms with Gasteiger partial charge in [0.25, 0.3) is 0 Å². The SMILES string of the molecule is S=C(N/N=C\c1ccc(CN2CCOCC2)cn1)Nc1ccccc1. The fourth-order valence-electron chi connectivity index (χ4n) is 2.46. The minimum Gasteiger partial charge on any atom is -0.379 e. The number of para-hydroxylation sites is 1. The highest BCUT2D eigenvalue weighted by atomic mass is 32.1. The number of benzene rings is 1. The molecule has 3 rings (SSSR count). The molecule has 1 aliphatic rings. The predicted octanol–water partition coefficient (Wildman–Crippen LogP) is 2.23. The van der Waals surface area contributed by atoms with E-state index in [1.165, 1.54) is 5.56 Å². The Bertz CT molecular complexity index is 699. The van der Waals surface area contributed by atoms with Crippen LogP contribution in [0.4, 0.5) is 5.69 Å². The number of nitrogens with zero attached hydrogens (tertiary/aromatic N) is 3. The molecule has 1 aromatic heterocycles. The van der Waals surface area contributed by atoms with Gasteiger partial charge in [0.1, 0.15) is 0 Å². The van der Waals surface area contributed by atoms with Gasteiger partial charge in [-0.3, -0.25) is 15.3 Å². The molecule has 0 unspecified atom stereocenters. The minimum absolute atomic E-state index is 0.436. The molecule has 1 aromatic carbocycles. The van der Waals surface area contributed by atoms with Gasteiger partial charge >= 0.3 is 0 Å². The van der Waals surface area contributed by atoms with Crippen molar-refractivity contribution < 1.29 is 4.74 Å². The molecule has 0 radical (unpaired) electrons. The van der Waals surface area contributed by atoms with Crippen LogP contribution >= 0.6 is 12.2 Å². The van der Waals surface area contributed by atoms with Crippen molar-refractivity contribution in [2.24, 2.45) is 5.10 Å². The molecule has 0 spiro atoms. The van der Waals surface area contributed by atoms with Crippen molar-refractivity contribution in [2.45, 2.75) is 6.54 Å². The Morgan fingerprint density at radius 3 is 2.72 bits per heavy atom. The van der Waals surface area contributed by atoms with E-state index in [2.05, 4.69) is 31.8 Å². The number of morpholine rings is 1. The highest BCUT2D eigenvalue weighted by Gasteiger charge is 2.10. The summed E-state index contributed by atoms with van der Waals surface area (Å²) >= 11 is 5.19. The maximum Gasteiger partial charge on any atom is 0.191 e. The van der Waals surface area contributed by atoms with Crippen molar-refractivity contribution in [1.29, 1.82) is 0 Å². The standard InChI is InChI=1S/C18H21N5OS/c25-18(21-16-4-2-1-3-5-16)22-20-13-17-7-6-15(12-19-17)14-23-8-10-24-11-9-23/h1-7,12-13H,8-11,14H2,(H2,21,22,25)/b20-13-. The first-order valence-corrected chi connectivity index (χ1v) is 8.60. The van der Waals surface area contributed by atoms with Crippen LogP contribution in [0.15, 0.2) is 53.8 Å². The zero-order valence-electron chi connectivity index (χ0n) is 13.9. The fraction of sp³-hybridized carbons (Fsp3) is 0.278. The Morgan fingerprint density at radius 1 is 1.20 bits per heavy atom. The van der Waals surface area contributed by atoms with Crippen LogP contribution in [0.3, 0.4) is 0 Å². The quantitative estimate of drug-likeness (QED) is 0.487. The molecular formula is C18H21N5OS. The van der Waals surface area contributed by atoms with Crippen molar-refractivity contribution in [2.75, 3.05) is 31.6 Å². The van der Waals surface area contributed by atoms with E-state index < -0.39 is 0 Å². The van der Waals surface area contributed by atoms with Gasteiger partial charge in [-0.2, -0.15) is 5.10 Å². The second-order valence-electron chi connectivity index (χ2n) is 5.67. The molecule has 25 heavy (non-hydrogen) atoms. The molecule has 0 aliphatic carbocycles. The van der Waals surface area contributed by atoms with Crippen molar-refractivity contribution in [3.8, 4) is 0 Å². The second-order valence-corrected chi connectivity index (χ2v) is 6.08. The van der Waals surface area contributed by atoms with Crippen LogP contribution in [-0.2, 0) is 11.3 Å². The van der Waals surface area contributed by atoms with Crippen molar-refractivity contribution in [3.63, 3.8) is 0 Å². The highest BCUT2D eigenvalue weighted by Crippen LogP contribution is 2.06. The van der Waals surface area contributed by atoms with Crippen LogP contribution in [0.2, 0.25) is 0 Å². The molecule has 2 N–H and O–H groups in total. The minimum atomic E-state index is 0.436. The Morgan fingerprint density at radius 2 is 2.00 bits per heavy atom. The predicted molar refractivity (Wildman–Crippen MR) is 104 cm³/mol. The molecule has 1 fully saturated rings. The number of thiocarbonyl (C=S) groups is 1. The van der Waals surface area contributed by atoms with Gasteiger partial charge in [-0.05, 0) is 36.0 Å². The molecule has 1 saturated heterocycles. The van der Waals surface area contributed by atoms with Gasteiger partial charge in [0.15, 0.2) is 5.11 Å². The lowest BCUT2D eigenvalue weighted by molar-refractivity contribution is 0.0341. The first kappa shape index (κ1) is 17.5. The van der Waals surface area contributed by atoms with E-state index in [0.717, 1.165) is 44.2 Å². The zero-order valence-corrected chi connectivity index (χ0v) is 14.7. The topological polar surface area (TPSA) is 61.8 Å². The summed E-state index contributed by atoms with van der Waals surface area (Å²) in [7, 11) is 0. The monoisotopic (exact) mass is 355 g/mol. The molecule has 0 saturated carbocycles. The summed E-state index contributed by atoms with van der Waals surface area (Å²) < 4.78 is 5.36. The zero-order chi connectivity index (χ0) is 17.3. The lowest BCUT2D eigenvalue weighted by atomic mass is 10.2. The average molecular weight is 355 g/mol. The molecule has 2 heterocycles. The van der Waals surface area contributed by atoms with Gasteiger partial charge in [-0.1, -0.05) is 24.3 Å². The van der Waals surface area contributed by atoms with E-state index in [-0.39, 0.29) is 0 Å². The van der Waals surface area contributed by atoms with Gasteiger partial charge in [0, 0.05) is 31.5 Å². The van der Waals surface area contributed by atoms with Gasteiger partial charge in [0.2, 0.25) is 0 Å². The summed E-state index contributed by atoms with van der Waals surface area (Å²) in [5.74, 6) is 0. The lowest BCUT2D eigenvalue weighted by Gasteiger charge is -2.26. The van der Waals surface area contributed by atoms with Crippen LogP contribution in [0.5, 0.6) is 0 Å². The Labute approximate surface area is 152 Å². The summed E-state index contributed by atoms with van der Waals surface area (Å²) in [5, 5.41) is 7.60. The fourth-order valence-corrected chi connectivity index (χ4v) is 2.63. The molecule has 0 amide bonds. The highest BCUT2D eigenvalue weighted by molar-refractivity contribution is 7.80. The van der Waals surface area contributed by atoms with Gasteiger partial charge in [0.05, 0.1) is 25.1 Å². The lowest BCUT2D eigenvalue weighted by Crippen LogP contribution is -2.35. The van der Waals surface area contributed by atoms with Gasteiger partial charge in [-0.15, -0.1) is 0 Å². The molecule has 130 valence electrons. The van der Waals surface area contributed by atoms with Gasteiger partial charge in [-0.25, -0.2) is 0 Å². The van der Waals surface area contributed by atoms with Crippen molar-refractivity contribution >= 4 is 29.2 Å². The number of rotatable bonds is 5. The van der Waals surface area contributed by atoms with Crippen LogP contribution in [0.1, 0.15) is 11.3 Å². The van der Waals surface area contributed by atoms with E-state index in [4.69, 9.17) is 17.0 Å². The third-order valence-electron chi connectivity index (χ3n) is 3.75. The number of anilines is 1. The number of hydrazone groups is 1. The third kappa shape index (κ3) is 5.90. The Balaban J connectivity index is 1.45. The number of aromatic nitrogens is 1. The maximum absolute atomic E-state index is 5.36. The molecule has 0 atom stereocenters. The molecule has 0 bridgehead atoms. The van der Waals surface area contributed by atoms with Crippen LogP contribution in [0.25, 0.3) is 0 Å². The van der Waals surface area contributed by atoms with E-state index >= 15 is 0 Å². The molecular weight excluding hydrogens is 334 g/mol. The van der Waals surface area contributed by atoms with Crippen molar-refractivity contribution in [3.05, 3.63) is 59.9 Å². The number of pyridine rings is 1. The summed E-state index contributed by atoms with van der Waals surface area (Å²) in [5.41, 5.74) is 5.67. The average Bonchev–Trinajstić information content (AvgIpc) is 2.65. The third-order valence-corrected chi connectivity index (χ3v) is 3.95. The first-order chi connectivity index (χ1) is 12.3. The Hall–Kier alpha value is -2.35. The Kier molecular flexibility index (Phi) is 6.44. The summed E-state index contributed by atoms with van der Waals surface area (Å²) in [6.45, 7) is 4.45. The van der Waals surface area contributed by atoms with Crippen LogP contribution in [-0.4, -0.2) is 47.5 Å². The van der Waals surface area contributed by atoms with Gasteiger partial charge < -0.3 is 10.1 Å².